The third-order valence-electron chi connectivity index (χ3n) is 6.35. The van der Waals surface area contributed by atoms with Gasteiger partial charge >= 0.3 is 17.9 Å². The standard InChI is InChI=1S/C27H26N4O9/c1-4-38-23(32)19-21(25(34)40-6-3)30(15-10-9-11-16(14-15)31(36)37)22(28)20(24(33)39-5-2)27(19)17-12-7-8-13-18(17)29-26(27)35/h7-14H,4-6,28H2,1-3H3,(H,29,35). The summed E-state index contributed by atoms with van der Waals surface area (Å²) in [5.41, 5.74) is 2.74. The van der Waals surface area contributed by atoms with Crippen molar-refractivity contribution in [2.24, 2.45) is 5.73 Å². The van der Waals surface area contributed by atoms with E-state index >= 15 is 0 Å². The number of esters is 3. The van der Waals surface area contributed by atoms with Crippen molar-refractivity contribution >= 4 is 40.9 Å². The zero-order chi connectivity index (χ0) is 29.2. The topological polar surface area (TPSA) is 180 Å². The molecular weight excluding hydrogens is 524 g/mol. The number of carbonyl (C=O) groups excluding carboxylic acids is 4. The predicted octanol–water partition coefficient (Wildman–Crippen LogP) is 2.42. The van der Waals surface area contributed by atoms with E-state index < -0.39 is 56.8 Å². The molecule has 1 amide bonds. The molecule has 0 fully saturated rings. The Balaban J connectivity index is 2.23. The highest BCUT2D eigenvalue weighted by molar-refractivity contribution is 6.24. The number of nitro benzene ring substituents is 1. The maximum Gasteiger partial charge on any atom is 0.355 e. The van der Waals surface area contributed by atoms with Crippen molar-refractivity contribution < 1.29 is 38.3 Å². The van der Waals surface area contributed by atoms with Crippen LogP contribution in [0.1, 0.15) is 26.3 Å². The third kappa shape index (κ3) is 4.21. The predicted molar refractivity (Wildman–Crippen MR) is 140 cm³/mol. The summed E-state index contributed by atoms with van der Waals surface area (Å²) in [5.74, 6) is -4.57. The SMILES string of the molecule is CCOC(=O)C1=C(C(=O)OCC)C2(C(=O)Nc3ccccc32)C(C(=O)OCC)=C(N)N1c1cccc([N+](=O)[O-])c1. The van der Waals surface area contributed by atoms with Gasteiger partial charge in [0, 0.05) is 23.4 Å². The molecular formula is C27H26N4O9. The lowest BCUT2D eigenvalue weighted by Crippen LogP contribution is -2.53. The molecule has 0 saturated carbocycles. The lowest BCUT2D eigenvalue weighted by Gasteiger charge is -2.41. The zero-order valence-corrected chi connectivity index (χ0v) is 21.9. The average Bonchev–Trinajstić information content (AvgIpc) is 3.20. The number of ether oxygens (including phenoxy) is 3. The Labute approximate surface area is 228 Å². The molecule has 40 heavy (non-hydrogen) atoms. The van der Waals surface area contributed by atoms with E-state index in [-0.39, 0.29) is 42.4 Å². The fraction of sp³-hybridized carbons (Fsp3) is 0.259. The largest absolute Gasteiger partial charge is 0.463 e. The fourth-order valence-corrected chi connectivity index (χ4v) is 4.91. The van der Waals surface area contributed by atoms with Gasteiger partial charge < -0.3 is 25.3 Å². The normalized spacial score (nSPS) is 17.9. The summed E-state index contributed by atoms with van der Waals surface area (Å²) in [7, 11) is 0. The first-order chi connectivity index (χ1) is 19.1. The van der Waals surface area contributed by atoms with Gasteiger partial charge in [0.05, 0.1) is 36.0 Å². The summed E-state index contributed by atoms with van der Waals surface area (Å²) in [6, 6.07) is 11.3. The number of nitrogens with two attached hydrogens (primary N) is 1. The Kier molecular flexibility index (Phi) is 7.57. The fourth-order valence-electron chi connectivity index (χ4n) is 4.91. The van der Waals surface area contributed by atoms with Crippen LogP contribution in [0, 0.1) is 10.1 Å². The van der Waals surface area contributed by atoms with Crippen molar-refractivity contribution in [1.82, 2.24) is 0 Å². The number of benzene rings is 2. The third-order valence-corrected chi connectivity index (χ3v) is 6.35. The van der Waals surface area contributed by atoms with Crippen LogP contribution in [0.3, 0.4) is 0 Å². The molecule has 2 aromatic rings. The molecule has 0 bridgehead atoms. The molecule has 2 heterocycles. The van der Waals surface area contributed by atoms with Crippen molar-refractivity contribution in [3.8, 4) is 0 Å². The second-order valence-electron chi connectivity index (χ2n) is 8.51. The quantitative estimate of drug-likeness (QED) is 0.213. The number of carbonyl (C=O) groups is 4. The van der Waals surface area contributed by atoms with Crippen LogP contribution in [-0.2, 0) is 38.8 Å². The maximum atomic E-state index is 14.0. The van der Waals surface area contributed by atoms with Gasteiger partial charge in [0.25, 0.3) is 5.69 Å². The van der Waals surface area contributed by atoms with E-state index in [0.29, 0.717) is 0 Å². The molecule has 1 atom stereocenters. The number of non-ortho nitro benzene ring substituents is 1. The number of rotatable bonds is 8. The van der Waals surface area contributed by atoms with Gasteiger partial charge in [-0.3, -0.25) is 19.8 Å². The molecule has 2 aromatic carbocycles. The second kappa shape index (κ2) is 10.9. The first-order valence-electron chi connectivity index (χ1n) is 12.4. The van der Waals surface area contributed by atoms with Crippen molar-refractivity contribution in [3.63, 3.8) is 0 Å². The highest BCUT2D eigenvalue weighted by Crippen LogP contribution is 2.54. The smallest absolute Gasteiger partial charge is 0.355 e. The molecule has 13 heteroatoms. The van der Waals surface area contributed by atoms with Crippen LogP contribution in [0.5, 0.6) is 0 Å². The number of para-hydroxylation sites is 1. The highest BCUT2D eigenvalue weighted by atomic mass is 16.6. The van der Waals surface area contributed by atoms with Gasteiger partial charge in [-0.05, 0) is 32.9 Å². The molecule has 1 unspecified atom stereocenters. The van der Waals surface area contributed by atoms with Crippen LogP contribution in [-0.4, -0.2) is 48.6 Å². The van der Waals surface area contributed by atoms with E-state index in [0.717, 1.165) is 11.0 Å². The van der Waals surface area contributed by atoms with Gasteiger partial charge in [0.1, 0.15) is 22.5 Å². The lowest BCUT2D eigenvalue weighted by atomic mass is 9.66. The molecule has 4 rings (SSSR count). The van der Waals surface area contributed by atoms with Crippen LogP contribution in [0.2, 0.25) is 0 Å². The number of hydrogen-bond donors (Lipinski definition) is 2. The zero-order valence-electron chi connectivity index (χ0n) is 21.9. The number of nitrogens with one attached hydrogen (secondary N) is 1. The monoisotopic (exact) mass is 550 g/mol. The summed E-state index contributed by atoms with van der Waals surface area (Å²) in [4.78, 5) is 67.0. The van der Waals surface area contributed by atoms with E-state index in [9.17, 15) is 29.3 Å². The van der Waals surface area contributed by atoms with E-state index in [1.54, 1.807) is 18.2 Å². The van der Waals surface area contributed by atoms with Crippen LogP contribution in [0.25, 0.3) is 0 Å². The van der Waals surface area contributed by atoms with Crippen LogP contribution < -0.4 is 16.0 Å². The summed E-state index contributed by atoms with van der Waals surface area (Å²) in [6.45, 7) is 4.19. The van der Waals surface area contributed by atoms with Crippen molar-refractivity contribution in [2.45, 2.75) is 26.2 Å². The van der Waals surface area contributed by atoms with Crippen molar-refractivity contribution in [2.75, 3.05) is 30.0 Å². The molecule has 208 valence electrons. The molecule has 0 aliphatic carbocycles. The number of nitrogens with zero attached hydrogens (tertiary/aromatic N) is 2. The van der Waals surface area contributed by atoms with E-state index in [4.69, 9.17) is 19.9 Å². The van der Waals surface area contributed by atoms with Crippen LogP contribution in [0.15, 0.2) is 71.2 Å². The summed E-state index contributed by atoms with van der Waals surface area (Å²) >= 11 is 0. The number of nitro groups is 1. The number of hydrogen-bond acceptors (Lipinski definition) is 11. The first kappa shape index (κ1) is 27.8. The van der Waals surface area contributed by atoms with Crippen LogP contribution in [0.4, 0.5) is 17.1 Å². The van der Waals surface area contributed by atoms with E-state index in [2.05, 4.69) is 5.32 Å². The molecule has 2 aliphatic rings. The first-order valence-corrected chi connectivity index (χ1v) is 12.4. The molecule has 13 nitrogen and oxygen atoms in total. The van der Waals surface area contributed by atoms with E-state index in [1.807, 2.05) is 0 Å². The number of fused-ring (bicyclic) bond motifs is 2. The number of amides is 1. The molecule has 2 aliphatic heterocycles. The summed E-state index contributed by atoms with van der Waals surface area (Å²) < 4.78 is 15.9. The Morgan fingerprint density at radius 2 is 1.52 bits per heavy atom. The Hall–Kier alpha value is -5.20. The van der Waals surface area contributed by atoms with Crippen LogP contribution >= 0.6 is 0 Å². The van der Waals surface area contributed by atoms with Gasteiger partial charge in [-0.15, -0.1) is 0 Å². The summed E-state index contributed by atoms with van der Waals surface area (Å²) in [6.07, 6.45) is 0. The number of anilines is 2. The van der Waals surface area contributed by atoms with Crippen molar-refractivity contribution in [1.29, 1.82) is 0 Å². The minimum atomic E-state index is -2.28. The molecule has 3 N–H and O–H groups in total. The Bertz CT molecular complexity index is 1500. The molecule has 0 aromatic heterocycles. The average molecular weight is 551 g/mol. The highest BCUT2D eigenvalue weighted by Gasteiger charge is 2.63. The lowest BCUT2D eigenvalue weighted by molar-refractivity contribution is -0.384. The summed E-state index contributed by atoms with van der Waals surface area (Å²) in [5, 5.41) is 14.2. The minimum absolute atomic E-state index is 0.0557. The molecule has 1 spiro atoms. The van der Waals surface area contributed by atoms with Gasteiger partial charge in [-0.1, -0.05) is 24.3 Å². The van der Waals surface area contributed by atoms with Crippen molar-refractivity contribution in [3.05, 3.63) is 86.9 Å². The Morgan fingerprint density at radius 1 is 0.925 bits per heavy atom. The molecule has 0 saturated heterocycles. The Morgan fingerprint density at radius 3 is 2.15 bits per heavy atom. The molecule has 0 radical (unpaired) electrons. The van der Waals surface area contributed by atoms with Gasteiger partial charge in [-0.2, -0.15) is 0 Å². The maximum absolute atomic E-state index is 14.0. The van der Waals surface area contributed by atoms with E-state index in [1.165, 1.54) is 45.0 Å². The second-order valence-corrected chi connectivity index (χ2v) is 8.51. The van der Waals surface area contributed by atoms with Gasteiger partial charge in [-0.25, -0.2) is 14.4 Å². The van der Waals surface area contributed by atoms with Gasteiger partial charge in [0.2, 0.25) is 5.91 Å². The minimum Gasteiger partial charge on any atom is -0.463 e. The van der Waals surface area contributed by atoms with Gasteiger partial charge in [0.15, 0.2) is 0 Å².